The standard InChI is InChI=1S/C11H9Cl2N3O2/c12-7-1-2-9(8(13)5-7)16-4-3-10(15-16)14-11(18)6-17/h1-5,17H,6H2,(H,14,15,18). The van der Waals surface area contributed by atoms with Crippen molar-refractivity contribution in [3.05, 3.63) is 40.5 Å². The highest BCUT2D eigenvalue weighted by molar-refractivity contribution is 6.35. The molecule has 1 aromatic carbocycles. The zero-order valence-corrected chi connectivity index (χ0v) is 10.6. The highest BCUT2D eigenvalue weighted by Crippen LogP contribution is 2.24. The van der Waals surface area contributed by atoms with Gasteiger partial charge in [0.1, 0.15) is 6.61 Å². The smallest absolute Gasteiger partial charge is 0.251 e. The molecule has 0 aliphatic rings. The van der Waals surface area contributed by atoms with Crippen molar-refractivity contribution in [3.63, 3.8) is 0 Å². The Hall–Kier alpha value is -1.56. The van der Waals surface area contributed by atoms with Crippen molar-refractivity contribution in [3.8, 4) is 5.69 Å². The van der Waals surface area contributed by atoms with Gasteiger partial charge in [-0.05, 0) is 18.2 Å². The summed E-state index contributed by atoms with van der Waals surface area (Å²) in [6.45, 7) is -0.589. The van der Waals surface area contributed by atoms with E-state index in [1.165, 1.54) is 4.68 Å². The Morgan fingerprint density at radius 1 is 1.39 bits per heavy atom. The van der Waals surface area contributed by atoms with Crippen LogP contribution >= 0.6 is 23.2 Å². The van der Waals surface area contributed by atoms with Crippen LogP contribution in [0.3, 0.4) is 0 Å². The molecule has 0 unspecified atom stereocenters. The van der Waals surface area contributed by atoms with Gasteiger partial charge in [-0.3, -0.25) is 4.79 Å². The lowest BCUT2D eigenvalue weighted by Gasteiger charge is -2.04. The maximum atomic E-state index is 11.0. The van der Waals surface area contributed by atoms with Gasteiger partial charge in [0.25, 0.3) is 5.91 Å². The van der Waals surface area contributed by atoms with Crippen molar-refractivity contribution in [2.24, 2.45) is 0 Å². The number of nitrogens with zero attached hydrogens (tertiary/aromatic N) is 2. The van der Waals surface area contributed by atoms with Gasteiger partial charge in [0.15, 0.2) is 5.82 Å². The number of aliphatic hydroxyl groups is 1. The summed E-state index contributed by atoms with van der Waals surface area (Å²) in [7, 11) is 0. The zero-order valence-electron chi connectivity index (χ0n) is 9.10. The summed E-state index contributed by atoms with van der Waals surface area (Å²) < 4.78 is 1.51. The predicted molar refractivity (Wildman–Crippen MR) is 69.3 cm³/mol. The maximum absolute atomic E-state index is 11.0. The minimum Gasteiger partial charge on any atom is -0.387 e. The summed E-state index contributed by atoms with van der Waals surface area (Å²) in [6.07, 6.45) is 1.64. The first-order chi connectivity index (χ1) is 8.60. The lowest BCUT2D eigenvalue weighted by molar-refractivity contribution is -0.118. The third-order valence-corrected chi connectivity index (χ3v) is 2.69. The molecule has 0 spiro atoms. The molecule has 7 heteroatoms. The van der Waals surface area contributed by atoms with Crippen molar-refractivity contribution in [1.29, 1.82) is 0 Å². The van der Waals surface area contributed by atoms with E-state index in [9.17, 15) is 4.79 Å². The molecule has 1 amide bonds. The Kier molecular flexibility index (Phi) is 3.86. The van der Waals surface area contributed by atoms with Crippen molar-refractivity contribution >= 4 is 34.9 Å². The van der Waals surface area contributed by atoms with Crippen LogP contribution in [0.5, 0.6) is 0 Å². The van der Waals surface area contributed by atoms with Gasteiger partial charge in [-0.25, -0.2) is 4.68 Å². The molecule has 2 N–H and O–H groups in total. The minimum atomic E-state index is -0.589. The van der Waals surface area contributed by atoms with Crippen molar-refractivity contribution in [1.82, 2.24) is 9.78 Å². The molecule has 0 fully saturated rings. The molecule has 2 aromatic rings. The third-order valence-electron chi connectivity index (χ3n) is 2.16. The zero-order chi connectivity index (χ0) is 13.1. The number of hydrogen-bond donors (Lipinski definition) is 2. The van der Waals surface area contributed by atoms with Crippen LogP contribution in [0, 0.1) is 0 Å². The van der Waals surface area contributed by atoms with E-state index in [2.05, 4.69) is 10.4 Å². The molecule has 0 aliphatic heterocycles. The average Bonchev–Trinajstić information content (AvgIpc) is 2.77. The number of hydrogen-bond acceptors (Lipinski definition) is 3. The minimum absolute atomic E-state index is 0.333. The molecule has 0 saturated carbocycles. The first-order valence-corrected chi connectivity index (χ1v) is 5.77. The summed E-state index contributed by atoms with van der Waals surface area (Å²) in [4.78, 5) is 11.0. The average molecular weight is 286 g/mol. The normalized spacial score (nSPS) is 10.4. The van der Waals surface area contributed by atoms with Crippen LogP contribution in [-0.4, -0.2) is 27.4 Å². The van der Waals surface area contributed by atoms with E-state index in [0.717, 1.165) is 0 Å². The number of amides is 1. The first kappa shape index (κ1) is 12.9. The summed E-state index contributed by atoms with van der Waals surface area (Å²) in [6, 6.07) is 6.61. The summed E-state index contributed by atoms with van der Waals surface area (Å²) >= 11 is 11.8. The Morgan fingerprint density at radius 2 is 2.17 bits per heavy atom. The van der Waals surface area contributed by atoms with E-state index in [1.54, 1.807) is 30.5 Å². The van der Waals surface area contributed by atoms with Crippen LogP contribution in [0.1, 0.15) is 0 Å². The monoisotopic (exact) mass is 285 g/mol. The molecule has 0 aliphatic carbocycles. The fraction of sp³-hybridized carbons (Fsp3) is 0.0909. The number of aliphatic hydroxyl groups excluding tert-OH is 1. The molecule has 18 heavy (non-hydrogen) atoms. The van der Waals surface area contributed by atoms with Crippen LogP contribution in [-0.2, 0) is 4.79 Å². The van der Waals surface area contributed by atoms with Gasteiger partial charge in [0.05, 0.1) is 10.7 Å². The lowest BCUT2D eigenvalue weighted by atomic mass is 10.3. The summed E-state index contributed by atoms with van der Waals surface area (Å²) in [5, 5.41) is 16.1. The second-order valence-electron chi connectivity index (χ2n) is 3.45. The van der Waals surface area contributed by atoms with Crippen LogP contribution in [0.2, 0.25) is 10.0 Å². The highest BCUT2D eigenvalue weighted by Gasteiger charge is 2.07. The van der Waals surface area contributed by atoms with Gasteiger partial charge in [-0.2, -0.15) is 5.10 Å². The molecule has 0 bridgehead atoms. The van der Waals surface area contributed by atoms with Gasteiger partial charge in [0, 0.05) is 17.3 Å². The number of anilines is 1. The SMILES string of the molecule is O=C(CO)Nc1ccn(-c2ccc(Cl)cc2Cl)n1. The highest BCUT2D eigenvalue weighted by atomic mass is 35.5. The molecule has 0 radical (unpaired) electrons. The van der Waals surface area contributed by atoms with E-state index < -0.39 is 12.5 Å². The molecule has 1 aromatic heterocycles. The molecule has 1 heterocycles. The van der Waals surface area contributed by atoms with E-state index in [-0.39, 0.29) is 0 Å². The number of benzene rings is 1. The number of aromatic nitrogens is 2. The van der Waals surface area contributed by atoms with E-state index in [4.69, 9.17) is 28.3 Å². The molecular weight excluding hydrogens is 277 g/mol. The van der Waals surface area contributed by atoms with Crippen LogP contribution in [0.15, 0.2) is 30.5 Å². The first-order valence-electron chi connectivity index (χ1n) is 5.02. The number of halogens is 2. The number of rotatable bonds is 3. The lowest BCUT2D eigenvalue weighted by Crippen LogP contribution is -2.15. The topological polar surface area (TPSA) is 67.2 Å². The van der Waals surface area contributed by atoms with E-state index >= 15 is 0 Å². The molecule has 5 nitrogen and oxygen atoms in total. The fourth-order valence-electron chi connectivity index (χ4n) is 1.37. The Labute approximate surface area is 113 Å². The van der Waals surface area contributed by atoms with Crippen molar-refractivity contribution < 1.29 is 9.90 Å². The van der Waals surface area contributed by atoms with Crippen LogP contribution < -0.4 is 5.32 Å². The van der Waals surface area contributed by atoms with Gasteiger partial charge >= 0.3 is 0 Å². The van der Waals surface area contributed by atoms with E-state index in [1.807, 2.05) is 0 Å². The van der Waals surface area contributed by atoms with Gasteiger partial charge in [-0.15, -0.1) is 0 Å². The molecular formula is C11H9Cl2N3O2. The van der Waals surface area contributed by atoms with Gasteiger partial charge < -0.3 is 10.4 Å². The van der Waals surface area contributed by atoms with Crippen LogP contribution in [0.25, 0.3) is 5.69 Å². The van der Waals surface area contributed by atoms with Crippen LogP contribution in [0.4, 0.5) is 5.82 Å². The number of nitrogens with one attached hydrogen (secondary N) is 1. The van der Waals surface area contributed by atoms with Gasteiger partial charge in [0.2, 0.25) is 0 Å². The molecule has 94 valence electrons. The summed E-state index contributed by atoms with van der Waals surface area (Å²) in [5.74, 6) is -0.192. The maximum Gasteiger partial charge on any atom is 0.251 e. The van der Waals surface area contributed by atoms with E-state index in [0.29, 0.717) is 21.6 Å². The number of carbonyl (C=O) groups excluding carboxylic acids is 1. The van der Waals surface area contributed by atoms with Gasteiger partial charge in [-0.1, -0.05) is 23.2 Å². The Bertz CT molecular complexity index is 583. The predicted octanol–water partition coefficient (Wildman–Crippen LogP) is 2.11. The van der Waals surface area contributed by atoms with Crippen molar-refractivity contribution in [2.45, 2.75) is 0 Å². The second kappa shape index (κ2) is 5.39. The summed E-state index contributed by atoms with van der Waals surface area (Å²) in [5.41, 5.74) is 0.644. The molecule has 2 rings (SSSR count). The van der Waals surface area contributed by atoms with Crippen molar-refractivity contribution in [2.75, 3.05) is 11.9 Å². The second-order valence-corrected chi connectivity index (χ2v) is 4.29. The molecule has 0 saturated heterocycles. The molecule has 0 atom stereocenters. The number of carbonyl (C=O) groups is 1. The quantitative estimate of drug-likeness (QED) is 0.908. The third kappa shape index (κ3) is 2.81. The Morgan fingerprint density at radius 3 is 2.83 bits per heavy atom. The largest absolute Gasteiger partial charge is 0.387 e. The Balaban J connectivity index is 2.26. The fourth-order valence-corrected chi connectivity index (χ4v) is 1.87.